The van der Waals surface area contributed by atoms with Crippen molar-refractivity contribution in [3.05, 3.63) is 23.3 Å². The maximum atomic E-state index is 11.0. The van der Waals surface area contributed by atoms with Crippen molar-refractivity contribution >= 4 is 11.7 Å². The van der Waals surface area contributed by atoms with Crippen LogP contribution in [0.15, 0.2) is 12.1 Å². The van der Waals surface area contributed by atoms with Crippen molar-refractivity contribution in [2.45, 2.75) is 31.6 Å². The highest BCUT2D eigenvalue weighted by atomic mass is 16.5. The number of hydrogen-bond donors (Lipinski definition) is 1. The Balaban J connectivity index is 2.01. The summed E-state index contributed by atoms with van der Waals surface area (Å²) in [5, 5.41) is 9.03. The number of fused-ring (bicyclic) bond motifs is 2. The normalized spacial score (nSPS) is 21.3. The maximum Gasteiger partial charge on any atom is 0.303 e. The average Bonchev–Trinajstić information content (AvgIpc) is 2.37. The number of rotatable bonds is 2. The van der Waals surface area contributed by atoms with Crippen molar-refractivity contribution < 1.29 is 14.6 Å². The Bertz CT molecular complexity index is 512. The monoisotopic (exact) mass is 261 g/mol. The summed E-state index contributed by atoms with van der Waals surface area (Å²) in [5.74, 6) is 0.248. The number of benzene rings is 1. The standard InChI is InChI=1S/C15H19NO3/c1-16-5-2-3-11-7-14-12(9-13(11)16)10(4-6-19-14)8-15(17)18/h7,9-10H,2-6,8H2,1H3,(H,17,18). The molecule has 1 aromatic rings. The number of carbonyl (C=O) groups is 1. The van der Waals surface area contributed by atoms with E-state index in [2.05, 4.69) is 24.1 Å². The number of carboxylic acid groups (broad SMARTS) is 1. The molecule has 1 atom stereocenters. The molecule has 0 aromatic heterocycles. The van der Waals surface area contributed by atoms with E-state index in [1.54, 1.807) is 0 Å². The van der Waals surface area contributed by atoms with Crippen LogP contribution in [-0.4, -0.2) is 31.3 Å². The van der Waals surface area contributed by atoms with Crippen LogP contribution in [0.5, 0.6) is 5.75 Å². The predicted octanol–water partition coefficient (Wildman–Crippen LogP) is 2.41. The summed E-state index contributed by atoms with van der Waals surface area (Å²) in [6.07, 6.45) is 3.24. The van der Waals surface area contributed by atoms with E-state index < -0.39 is 5.97 Å². The molecule has 0 saturated carbocycles. The number of nitrogens with zero attached hydrogens (tertiary/aromatic N) is 1. The van der Waals surface area contributed by atoms with Gasteiger partial charge in [-0.05, 0) is 42.5 Å². The van der Waals surface area contributed by atoms with Crippen LogP contribution in [0.2, 0.25) is 0 Å². The highest BCUT2D eigenvalue weighted by Crippen LogP contribution is 2.41. The molecule has 4 nitrogen and oxygen atoms in total. The zero-order chi connectivity index (χ0) is 13.4. The van der Waals surface area contributed by atoms with Crippen molar-refractivity contribution in [2.75, 3.05) is 25.1 Å². The molecular weight excluding hydrogens is 242 g/mol. The molecule has 102 valence electrons. The lowest BCUT2D eigenvalue weighted by Crippen LogP contribution is -2.26. The minimum atomic E-state index is -0.732. The molecule has 0 saturated heterocycles. The summed E-state index contributed by atoms with van der Waals surface area (Å²) in [6.45, 7) is 1.69. The molecule has 0 amide bonds. The lowest BCUT2D eigenvalue weighted by molar-refractivity contribution is -0.137. The molecule has 4 heteroatoms. The van der Waals surface area contributed by atoms with Gasteiger partial charge in [-0.25, -0.2) is 0 Å². The smallest absolute Gasteiger partial charge is 0.303 e. The quantitative estimate of drug-likeness (QED) is 0.888. The zero-order valence-electron chi connectivity index (χ0n) is 11.2. The first-order valence-electron chi connectivity index (χ1n) is 6.87. The Labute approximate surface area is 113 Å². The van der Waals surface area contributed by atoms with Crippen LogP contribution < -0.4 is 9.64 Å². The molecule has 0 bridgehead atoms. The molecule has 2 aliphatic rings. The molecule has 3 rings (SSSR count). The van der Waals surface area contributed by atoms with Gasteiger partial charge in [0.05, 0.1) is 13.0 Å². The second-order valence-corrected chi connectivity index (χ2v) is 5.48. The van der Waals surface area contributed by atoms with E-state index >= 15 is 0 Å². The van der Waals surface area contributed by atoms with E-state index in [1.807, 2.05) is 0 Å². The van der Waals surface area contributed by atoms with Crippen LogP contribution in [0.1, 0.15) is 36.3 Å². The number of aryl methyl sites for hydroxylation is 1. The number of hydrogen-bond acceptors (Lipinski definition) is 3. The zero-order valence-corrected chi connectivity index (χ0v) is 11.2. The third kappa shape index (κ3) is 2.27. The summed E-state index contributed by atoms with van der Waals surface area (Å²) in [5.41, 5.74) is 3.63. The first-order chi connectivity index (χ1) is 9.15. The Kier molecular flexibility index (Phi) is 3.09. The molecule has 1 N–H and O–H groups in total. The van der Waals surface area contributed by atoms with E-state index in [-0.39, 0.29) is 12.3 Å². The highest BCUT2D eigenvalue weighted by Gasteiger charge is 2.27. The summed E-state index contributed by atoms with van der Waals surface area (Å²) in [4.78, 5) is 13.2. The van der Waals surface area contributed by atoms with Gasteiger partial charge >= 0.3 is 5.97 Å². The minimum absolute atomic E-state index is 0.0851. The Morgan fingerprint density at radius 2 is 2.37 bits per heavy atom. The van der Waals surface area contributed by atoms with Crippen molar-refractivity contribution in [2.24, 2.45) is 0 Å². The molecular formula is C15H19NO3. The van der Waals surface area contributed by atoms with Crippen molar-refractivity contribution in [3.63, 3.8) is 0 Å². The summed E-state index contributed by atoms with van der Waals surface area (Å²) >= 11 is 0. The van der Waals surface area contributed by atoms with Crippen LogP contribution in [0, 0.1) is 0 Å². The largest absolute Gasteiger partial charge is 0.493 e. The second kappa shape index (κ2) is 4.76. The van der Waals surface area contributed by atoms with Gasteiger partial charge in [0.25, 0.3) is 0 Å². The molecule has 2 aliphatic heterocycles. The fourth-order valence-electron chi connectivity index (χ4n) is 3.14. The van der Waals surface area contributed by atoms with Gasteiger partial charge in [-0.1, -0.05) is 0 Å². The van der Waals surface area contributed by atoms with E-state index in [0.29, 0.717) is 6.61 Å². The van der Waals surface area contributed by atoms with Gasteiger partial charge in [0.2, 0.25) is 0 Å². The third-order valence-electron chi connectivity index (χ3n) is 4.15. The molecule has 0 aliphatic carbocycles. The Morgan fingerprint density at radius 1 is 1.53 bits per heavy atom. The van der Waals surface area contributed by atoms with Gasteiger partial charge in [-0.15, -0.1) is 0 Å². The summed E-state index contributed by atoms with van der Waals surface area (Å²) in [7, 11) is 2.10. The van der Waals surface area contributed by atoms with Gasteiger partial charge in [0.1, 0.15) is 5.75 Å². The van der Waals surface area contributed by atoms with Crippen LogP contribution in [0.3, 0.4) is 0 Å². The first-order valence-corrected chi connectivity index (χ1v) is 6.87. The third-order valence-corrected chi connectivity index (χ3v) is 4.15. The van der Waals surface area contributed by atoms with Crippen LogP contribution in [0.4, 0.5) is 5.69 Å². The maximum absolute atomic E-state index is 11.0. The minimum Gasteiger partial charge on any atom is -0.493 e. The SMILES string of the molecule is CN1CCCc2cc3c(cc21)C(CC(=O)O)CCO3. The molecule has 0 spiro atoms. The van der Waals surface area contributed by atoms with Gasteiger partial charge < -0.3 is 14.7 Å². The molecule has 0 radical (unpaired) electrons. The fourth-order valence-corrected chi connectivity index (χ4v) is 3.14. The Hall–Kier alpha value is -1.71. The van der Waals surface area contributed by atoms with Crippen LogP contribution in [-0.2, 0) is 11.2 Å². The predicted molar refractivity (Wildman–Crippen MR) is 73.1 cm³/mol. The van der Waals surface area contributed by atoms with Crippen molar-refractivity contribution in [1.29, 1.82) is 0 Å². The second-order valence-electron chi connectivity index (χ2n) is 5.48. The van der Waals surface area contributed by atoms with Crippen molar-refractivity contribution in [1.82, 2.24) is 0 Å². The molecule has 2 heterocycles. The molecule has 19 heavy (non-hydrogen) atoms. The first kappa shape index (κ1) is 12.3. The van der Waals surface area contributed by atoms with Crippen LogP contribution >= 0.6 is 0 Å². The van der Waals surface area contributed by atoms with E-state index in [1.165, 1.54) is 17.7 Å². The van der Waals surface area contributed by atoms with Crippen LogP contribution in [0.25, 0.3) is 0 Å². The van der Waals surface area contributed by atoms with Gasteiger partial charge in [0.15, 0.2) is 0 Å². The van der Waals surface area contributed by atoms with E-state index in [0.717, 1.165) is 30.7 Å². The number of carboxylic acids is 1. The highest BCUT2D eigenvalue weighted by molar-refractivity contribution is 5.69. The molecule has 1 aromatic carbocycles. The van der Waals surface area contributed by atoms with Gasteiger partial charge in [-0.2, -0.15) is 0 Å². The molecule has 1 unspecified atom stereocenters. The topological polar surface area (TPSA) is 49.8 Å². The molecule has 0 fully saturated rings. The lowest BCUT2D eigenvalue weighted by Gasteiger charge is -2.32. The van der Waals surface area contributed by atoms with Crippen molar-refractivity contribution in [3.8, 4) is 5.75 Å². The number of aliphatic carboxylic acids is 1. The fraction of sp³-hybridized carbons (Fsp3) is 0.533. The number of ether oxygens (including phenoxy) is 1. The van der Waals surface area contributed by atoms with E-state index in [9.17, 15) is 4.79 Å². The number of anilines is 1. The summed E-state index contributed by atoms with van der Waals surface area (Å²) < 4.78 is 5.73. The van der Waals surface area contributed by atoms with E-state index in [4.69, 9.17) is 9.84 Å². The van der Waals surface area contributed by atoms with Gasteiger partial charge in [0, 0.05) is 25.2 Å². The van der Waals surface area contributed by atoms with Gasteiger partial charge in [-0.3, -0.25) is 4.79 Å². The average molecular weight is 261 g/mol. The lowest BCUT2D eigenvalue weighted by atomic mass is 9.87. The summed E-state index contributed by atoms with van der Waals surface area (Å²) in [6, 6.07) is 4.27. The Morgan fingerprint density at radius 3 is 3.16 bits per heavy atom.